The molecule has 4 saturated heterocycles. The van der Waals surface area contributed by atoms with Gasteiger partial charge in [-0.15, -0.1) is 0 Å². The van der Waals surface area contributed by atoms with Gasteiger partial charge in [0.15, 0.2) is 17.9 Å². The molecular formula is C35H56O9. The molecule has 8 rings (SSSR count). The fourth-order valence-corrected chi connectivity index (χ4v) is 12.5. The Morgan fingerprint density at radius 3 is 2.32 bits per heavy atom. The second-order valence-electron chi connectivity index (χ2n) is 17.2. The minimum Gasteiger partial charge on any atom is -0.388 e. The molecule has 4 saturated carbocycles. The van der Waals surface area contributed by atoms with Crippen LogP contribution in [0.2, 0.25) is 0 Å². The molecule has 250 valence electrons. The van der Waals surface area contributed by atoms with Gasteiger partial charge in [0.05, 0.1) is 31.5 Å². The van der Waals surface area contributed by atoms with Crippen molar-refractivity contribution in [2.24, 2.45) is 52.3 Å². The van der Waals surface area contributed by atoms with Crippen LogP contribution in [-0.2, 0) is 28.4 Å². The summed E-state index contributed by atoms with van der Waals surface area (Å²) in [7, 11) is 0. The summed E-state index contributed by atoms with van der Waals surface area (Å²) < 4.78 is 39.3. The third-order valence-electron chi connectivity index (χ3n) is 14.6. The molecular weight excluding hydrogens is 564 g/mol. The first-order valence-corrected chi connectivity index (χ1v) is 17.8. The van der Waals surface area contributed by atoms with Crippen LogP contribution in [0, 0.1) is 52.3 Å². The van der Waals surface area contributed by atoms with Gasteiger partial charge in [-0.1, -0.05) is 27.7 Å². The van der Waals surface area contributed by atoms with Crippen LogP contribution in [0.5, 0.6) is 0 Å². The fraction of sp³-hybridized carbons (Fsp3) is 1.00. The number of hydrogen-bond acceptors (Lipinski definition) is 9. The van der Waals surface area contributed by atoms with E-state index in [1.807, 2.05) is 13.8 Å². The molecule has 18 atom stereocenters. The van der Waals surface area contributed by atoms with Crippen LogP contribution in [0.25, 0.3) is 0 Å². The van der Waals surface area contributed by atoms with Gasteiger partial charge >= 0.3 is 0 Å². The highest BCUT2D eigenvalue weighted by Gasteiger charge is 2.71. The summed E-state index contributed by atoms with van der Waals surface area (Å²) >= 11 is 0. The standard InChI is InChI=1S/C35H56O9/c1-17-9-12-35(40-15-17)18(2)26-24(43-35)14-22-20-8-7-19-13-25-29(44-32(3,4)42-25)30(34(19,6)21(20)10-11-33(22,26)5)41-31-28(38)27(37)23(36)16-39-31/h17-31,36-38H,7-16H2,1-6H3. The molecule has 44 heavy (non-hydrogen) atoms. The highest BCUT2D eigenvalue weighted by molar-refractivity contribution is 5.18. The smallest absolute Gasteiger partial charge is 0.186 e. The van der Waals surface area contributed by atoms with E-state index in [-0.39, 0.29) is 41.9 Å². The van der Waals surface area contributed by atoms with E-state index in [9.17, 15) is 15.3 Å². The zero-order chi connectivity index (χ0) is 31.0. The van der Waals surface area contributed by atoms with Gasteiger partial charge in [0.1, 0.15) is 24.4 Å². The lowest BCUT2D eigenvalue weighted by Gasteiger charge is -2.64. The molecule has 0 aromatic heterocycles. The van der Waals surface area contributed by atoms with E-state index >= 15 is 0 Å². The molecule has 4 heterocycles. The minimum absolute atomic E-state index is 0.0791. The summed E-state index contributed by atoms with van der Waals surface area (Å²) in [6, 6.07) is 0. The maximum Gasteiger partial charge on any atom is 0.186 e. The van der Waals surface area contributed by atoms with Crippen LogP contribution in [0.4, 0.5) is 0 Å². The van der Waals surface area contributed by atoms with Crippen molar-refractivity contribution in [1.29, 1.82) is 0 Å². The van der Waals surface area contributed by atoms with Gasteiger partial charge in [0.25, 0.3) is 0 Å². The molecule has 18 unspecified atom stereocenters. The van der Waals surface area contributed by atoms with E-state index in [0.717, 1.165) is 38.7 Å². The van der Waals surface area contributed by atoms with Crippen molar-refractivity contribution in [1.82, 2.24) is 0 Å². The maximum absolute atomic E-state index is 10.9. The second kappa shape index (κ2) is 10.3. The minimum atomic E-state index is -1.34. The van der Waals surface area contributed by atoms with Crippen molar-refractivity contribution < 1.29 is 43.7 Å². The zero-order valence-corrected chi connectivity index (χ0v) is 27.5. The predicted molar refractivity (Wildman–Crippen MR) is 159 cm³/mol. The van der Waals surface area contributed by atoms with Gasteiger partial charge in [-0.05, 0) is 99.7 Å². The molecule has 0 amide bonds. The molecule has 3 N–H and O–H groups in total. The van der Waals surface area contributed by atoms with E-state index in [0.29, 0.717) is 41.4 Å². The molecule has 0 bridgehead atoms. The number of rotatable bonds is 2. The Hall–Kier alpha value is -0.360. The van der Waals surface area contributed by atoms with Crippen molar-refractivity contribution >= 4 is 0 Å². The summed E-state index contributed by atoms with van der Waals surface area (Å²) in [6.45, 7) is 14.3. The Balaban J connectivity index is 1.09. The van der Waals surface area contributed by atoms with Crippen molar-refractivity contribution in [3.8, 4) is 0 Å². The Morgan fingerprint density at radius 1 is 0.773 bits per heavy atom. The van der Waals surface area contributed by atoms with Crippen LogP contribution in [-0.4, -0.2) is 89.1 Å². The van der Waals surface area contributed by atoms with Gasteiger partial charge in [0.2, 0.25) is 0 Å². The monoisotopic (exact) mass is 620 g/mol. The lowest BCUT2D eigenvalue weighted by Crippen LogP contribution is -2.66. The third-order valence-corrected chi connectivity index (χ3v) is 14.6. The van der Waals surface area contributed by atoms with E-state index in [1.165, 1.54) is 19.3 Å². The molecule has 1 spiro atoms. The third kappa shape index (κ3) is 4.29. The number of aliphatic hydroxyl groups excluding tert-OH is 3. The molecule has 4 aliphatic heterocycles. The first-order valence-electron chi connectivity index (χ1n) is 17.8. The maximum atomic E-state index is 10.9. The zero-order valence-electron chi connectivity index (χ0n) is 27.5. The molecule has 4 aliphatic carbocycles. The summed E-state index contributed by atoms with van der Waals surface area (Å²) in [5.41, 5.74) is 0.00309. The van der Waals surface area contributed by atoms with E-state index in [1.54, 1.807) is 0 Å². The van der Waals surface area contributed by atoms with Crippen LogP contribution in [0.3, 0.4) is 0 Å². The molecule has 9 heteroatoms. The Bertz CT molecular complexity index is 1110. The average Bonchev–Trinajstić information content (AvgIpc) is 3.55. The summed E-state index contributed by atoms with van der Waals surface area (Å²) in [6.07, 6.45) is 3.51. The molecule has 9 nitrogen and oxygen atoms in total. The molecule has 0 radical (unpaired) electrons. The number of aliphatic hydroxyl groups is 3. The summed E-state index contributed by atoms with van der Waals surface area (Å²) in [4.78, 5) is 0. The van der Waals surface area contributed by atoms with Crippen molar-refractivity contribution in [3.05, 3.63) is 0 Å². The van der Waals surface area contributed by atoms with Gasteiger partial charge in [0, 0.05) is 17.8 Å². The molecule has 8 fully saturated rings. The lowest BCUT2D eigenvalue weighted by atomic mass is 9.43. The normalized spacial score (nSPS) is 61.2. The van der Waals surface area contributed by atoms with Crippen LogP contribution in [0.15, 0.2) is 0 Å². The Kier molecular flexibility index (Phi) is 7.26. The number of hydrogen-bond donors (Lipinski definition) is 3. The first kappa shape index (κ1) is 30.9. The lowest BCUT2D eigenvalue weighted by molar-refractivity contribution is -0.324. The predicted octanol–water partition coefficient (Wildman–Crippen LogP) is 4.00. The molecule has 0 aromatic rings. The summed E-state index contributed by atoms with van der Waals surface area (Å²) in [5.74, 6) is 2.35. The highest BCUT2D eigenvalue weighted by atomic mass is 16.8. The van der Waals surface area contributed by atoms with Crippen molar-refractivity contribution in [3.63, 3.8) is 0 Å². The largest absolute Gasteiger partial charge is 0.388 e. The Labute approximate surface area is 262 Å². The highest BCUT2D eigenvalue weighted by Crippen LogP contribution is 2.72. The van der Waals surface area contributed by atoms with Gasteiger partial charge in [-0.25, -0.2) is 0 Å². The second-order valence-corrected chi connectivity index (χ2v) is 17.2. The SMILES string of the molecule is CC1CCC2(OC1)OC1CC3C4CCC5CC6OC(C)(C)OC6C(OC6OCC(O)C(O)C6O)C5(C)C4CCC3(C)C1C2C. The number of ether oxygens (including phenoxy) is 6. The van der Waals surface area contributed by atoms with E-state index < -0.39 is 36.2 Å². The first-order chi connectivity index (χ1) is 20.8. The fourth-order valence-electron chi connectivity index (χ4n) is 12.5. The van der Waals surface area contributed by atoms with Gasteiger partial charge < -0.3 is 43.7 Å². The topological polar surface area (TPSA) is 116 Å². The quantitative estimate of drug-likeness (QED) is 0.421. The van der Waals surface area contributed by atoms with Crippen molar-refractivity contribution in [2.75, 3.05) is 13.2 Å². The number of fused-ring (bicyclic) bond motifs is 8. The van der Waals surface area contributed by atoms with Gasteiger partial charge in [-0.3, -0.25) is 0 Å². The summed E-state index contributed by atoms with van der Waals surface area (Å²) in [5, 5.41) is 31.6. The molecule has 0 aromatic carbocycles. The molecule has 8 aliphatic rings. The van der Waals surface area contributed by atoms with Crippen LogP contribution < -0.4 is 0 Å². The van der Waals surface area contributed by atoms with Crippen LogP contribution in [0.1, 0.15) is 92.9 Å². The van der Waals surface area contributed by atoms with E-state index in [2.05, 4.69) is 27.7 Å². The van der Waals surface area contributed by atoms with Crippen molar-refractivity contribution in [2.45, 2.75) is 154 Å². The van der Waals surface area contributed by atoms with Crippen LogP contribution >= 0.6 is 0 Å². The van der Waals surface area contributed by atoms with Gasteiger partial charge in [-0.2, -0.15) is 0 Å². The van der Waals surface area contributed by atoms with E-state index in [4.69, 9.17) is 28.4 Å². The Morgan fingerprint density at radius 2 is 1.57 bits per heavy atom. The average molecular weight is 621 g/mol.